The summed E-state index contributed by atoms with van der Waals surface area (Å²) in [4.78, 5) is 49.4. The smallest absolute Gasteiger partial charge is 0.268 e. The summed E-state index contributed by atoms with van der Waals surface area (Å²) in [5.41, 5.74) is 1.12. The average Bonchev–Trinajstić information content (AvgIpc) is 3.32. The molecular weight excluding hydrogens is 436 g/mol. The Morgan fingerprint density at radius 2 is 2.00 bits per heavy atom. The molecule has 1 saturated heterocycles. The van der Waals surface area contributed by atoms with E-state index in [1.807, 2.05) is 47.8 Å². The number of H-pyrrole nitrogens is 1. The summed E-state index contributed by atoms with van der Waals surface area (Å²) in [6.45, 7) is 1.24. The number of likely N-dealkylation sites (tertiary alicyclic amines) is 1. The van der Waals surface area contributed by atoms with Crippen molar-refractivity contribution in [2.24, 2.45) is 5.92 Å². The molecule has 1 aliphatic heterocycles. The van der Waals surface area contributed by atoms with Crippen LogP contribution >= 0.6 is 11.3 Å². The number of hydrogen-bond acceptors (Lipinski definition) is 5. The maximum atomic E-state index is 13.3. The molecule has 2 amide bonds. The van der Waals surface area contributed by atoms with E-state index >= 15 is 0 Å². The zero-order valence-corrected chi connectivity index (χ0v) is 19.1. The number of carbonyl (C=O) groups excluding carboxylic acids is 2. The van der Waals surface area contributed by atoms with Gasteiger partial charge in [-0.05, 0) is 41.1 Å². The number of rotatable bonds is 4. The lowest BCUT2D eigenvalue weighted by molar-refractivity contribution is -0.136. The average molecular weight is 461 g/mol. The number of piperidine rings is 1. The zero-order valence-electron chi connectivity index (χ0n) is 18.3. The second-order valence-corrected chi connectivity index (χ2v) is 9.38. The van der Waals surface area contributed by atoms with Crippen molar-refractivity contribution in [3.63, 3.8) is 0 Å². The number of aromatic nitrogens is 2. The topological polar surface area (TPSA) is 86.4 Å². The highest BCUT2D eigenvalue weighted by Crippen LogP contribution is 2.24. The van der Waals surface area contributed by atoms with Crippen LogP contribution < -0.4 is 5.56 Å². The van der Waals surface area contributed by atoms with Crippen molar-refractivity contribution in [1.82, 2.24) is 19.8 Å². The Morgan fingerprint density at radius 1 is 1.18 bits per heavy atom. The highest BCUT2D eigenvalue weighted by atomic mass is 32.1. The molecule has 8 heteroatoms. The first-order valence-corrected chi connectivity index (χ1v) is 11.9. The summed E-state index contributed by atoms with van der Waals surface area (Å²) >= 11 is 1.35. The maximum Gasteiger partial charge on any atom is 0.268 e. The van der Waals surface area contributed by atoms with Crippen LogP contribution in [-0.2, 0) is 11.3 Å². The van der Waals surface area contributed by atoms with Crippen molar-refractivity contribution in [2.75, 3.05) is 20.1 Å². The van der Waals surface area contributed by atoms with E-state index in [0.717, 1.165) is 23.6 Å². The van der Waals surface area contributed by atoms with Crippen LogP contribution in [-0.4, -0.2) is 51.7 Å². The molecule has 0 aliphatic carbocycles. The second-order valence-electron chi connectivity index (χ2n) is 8.46. The number of aromatic amines is 1. The number of benzene rings is 2. The zero-order chi connectivity index (χ0) is 22.9. The van der Waals surface area contributed by atoms with Crippen LogP contribution in [0.1, 0.15) is 29.0 Å². The van der Waals surface area contributed by atoms with Crippen molar-refractivity contribution in [1.29, 1.82) is 0 Å². The summed E-state index contributed by atoms with van der Waals surface area (Å²) in [6.07, 6.45) is 1.51. The predicted octanol–water partition coefficient (Wildman–Crippen LogP) is 3.65. The minimum atomic E-state index is -0.278. The number of nitrogens with one attached hydrogen (secondary N) is 1. The summed E-state index contributed by atoms with van der Waals surface area (Å²) in [5, 5.41) is 3.78. The Hall–Kier alpha value is -3.52. The molecule has 7 nitrogen and oxygen atoms in total. The van der Waals surface area contributed by atoms with Gasteiger partial charge >= 0.3 is 0 Å². The lowest BCUT2D eigenvalue weighted by atomic mass is 9.95. The van der Waals surface area contributed by atoms with Crippen LogP contribution in [0.4, 0.5) is 0 Å². The van der Waals surface area contributed by atoms with Gasteiger partial charge in [-0.1, -0.05) is 36.4 Å². The van der Waals surface area contributed by atoms with E-state index in [1.54, 1.807) is 22.9 Å². The Morgan fingerprint density at radius 3 is 2.88 bits per heavy atom. The minimum Gasteiger partial charge on any atom is -0.338 e. The molecule has 1 fully saturated rings. The van der Waals surface area contributed by atoms with Gasteiger partial charge in [-0.15, -0.1) is 11.3 Å². The molecule has 5 rings (SSSR count). The fourth-order valence-electron chi connectivity index (χ4n) is 4.56. The first-order chi connectivity index (χ1) is 16.0. The quantitative estimate of drug-likeness (QED) is 0.504. The van der Waals surface area contributed by atoms with E-state index in [4.69, 9.17) is 0 Å². The summed E-state index contributed by atoms with van der Waals surface area (Å²) in [6, 6.07) is 15.4. The highest BCUT2D eigenvalue weighted by molar-refractivity contribution is 7.17. The number of hydrogen-bond donors (Lipinski definition) is 1. The summed E-state index contributed by atoms with van der Waals surface area (Å²) < 4.78 is 0.586. The van der Waals surface area contributed by atoms with E-state index in [1.165, 1.54) is 11.3 Å². The third-order valence-corrected chi connectivity index (χ3v) is 7.11. The summed E-state index contributed by atoms with van der Waals surface area (Å²) in [7, 11) is 1.71. The minimum absolute atomic E-state index is 0.0409. The molecule has 1 unspecified atom stereocenters. The molecule has 1 aliphatic rings. The van der Waals surface area contributed by atoms with Crippen molar-refractivity contribution in [3.8, 4) is 0 Å². The lowest BCUT2D eigenvalue weighted by Crippen LogP contribution is -2.46. The highest BCUT2D eigenvalue weighted by Gasteiger charge is 2.31. The van der Waals surface area contributed by atoms with Crippen LogP contribution in [0.15, 0.2) is 58.7 Å². The number of amides is 2. The predicted molar refractivity (Wildman–Crippen MR) is 129 cm³/mol. The van der Waals surface area contributed by atoms with Gasteiger partial charge in [-0.25, -0.2) is 4.98 Å². The molecule has 2 aromatic carbocycles. The third-order valence-electron chi connectivity index (χ3n) is 6.20. The molecule has 0 spiro atoms. The number of fused-ring (bicyclic) bond motifs is 2. The van der Waals surface area contributed by atoms with Crippen LogP contribution in [0.2, 0.25) is 0 Å². The van der Waals surface area contributed by atoms with Gasteiger partial charge in [0.05, 0.1) is 18.0 Å². The maximum absolute atomic E-state index is 13.3. The van der Waals surface area contributed by atoms with Crippen LogP contribution in [0.3, 0.4) is 0 Å². The molecule has 0 radical (unpaired) electrons. The lowest BCUT2D eigenvalue weighted by Gasteiger charge is -2.34. The Kier molecular flexibility index (Phi) is 5.68. The van der Waals surface area contributed by atoms with Gasteiger partial charge in [-0.3, -0.25) is 14.4 Å². The van der Waals surface area contributed by atoms with Crippen molar-refractivity contribution >= 4 is 44.1 Å². The third kappa shape index (κ3) is 4.14. The standard InChI is InChI=1S/C25H24N4O3S/c1-28(15-21-26-20-11-13-33-22(20)23(30)27-21)24(31)17-8-5-12-29(14-17)25(32)19-10-4-7-16-6-2-3-9-18(16)19/h2-4,6-7,9-11,13,17H,5,8,12,14-15H2,1H3,(H,26,27,30). The van der Waals surface area contributed by atoms with Gasteiger partial charge in [0.25, 0.3) is 11.5 Å². The van der Waals surface area contributed by atoms with Crippen LogP contribution in [0.25, 0.3) is 21.0 Å². The van der Waals surface area contributed by atoms with Crippen LogP contribution in [0, 0.1) is 5.92 Å². The van der Waals surface area contributed by atoms with E-state index in [-0.39, 0.29) is 29.8 Å². The number of carbonyl (C=O) groups is 2. The molecule has 1 N–H and O–H groups in total. The van der Waals surface area contributed by atoms with Gasteiger partial charge in [-0.2, -0.15) is 0 Å². The Bertz CT molecular complexity index is 1400. The summed E-state index contributed by atoms with van der Waals surface area (Å²) in [5.74, 6) is 0.0971. The number of thiophene rings is 1. The normalized spacial score (nSPS) is 16.3. The van der Waals surface area contributed by atoms with Gasteiger partial charge in [0, 0.05) is 25.7 Å². The first kappa shape index (κ1) is 21.3. The van der Waals surface area contributed by atoms with E-state index in [9.17, 15) is 14.4 Å². The van der Waals surface area contributed by atoms with Gasteiger partial charge in [0.15, 0.2) is 0 Å². The van der Waals surface area contributed by atoms with Crippen molar-refractivity contribution < 1.29 is 9.59 Å². The SMILES string of the molecule is CN(Cc1nc2ccsc2c(=O)[nH]1)C(=O)C1CCCN(C(=O)c2cccc3ccccc23)C1. The molecule has 0 saturated carbocycles. The molecule has 168 valence electrons. The molecule has 33 heavy (non-hydrogen) atoms. The van der Waals surface area contributed by atoms with Gasteiger partial charge < -0.3 is 14.8 Å². The molecule has 2 aromatic heterocycles. The Balaban J connectivity index is 1.30. The van der Waals surface area contributed by atoms with Gasteiger partial charge in [0.1, 0.15) is 10.5 Å². The van der Waals surface area contributed by atoms with Crippen molar-refractivity contribution in [3.05, 3.63) is 75.7 Å². The molecule has 4 aromatic rings. The van der Waals surface area contributed by atoms with Crippen LogP contribution in [0.5, 0.6) is 0 Å². The molecule has 0 bridgehead atoms. The van der Waals surface area contributed by atoms with E-state index < -0.39 is 0 Å². The number of nitrogens with zero attached hydrogens (tertiary/aromatic N) is 3. The molecule has 3 heterocycles. The fourth-order valence-corrected chi connectivity index (χ4v) is 5.28. The second kappa shape index (κ2) is 8.78. The van der Waals surface area contributed by atoms with E-state index in [0.29, 0.717) is 34.7 Å². The first-order valence-electron chi connectivity index (χ1n) is 11.0. The molecule has 1 atom stereocenters. The van der Waals surface area contributed by atoms with Gasteiger partial charge in [0.2, 0.25) is 5.91 Å². The monoisotopic (exact) mass is 460 g/mol. The Labute approximate surface area is 194 Å². The van der Waals surface area contributed by atoms with Crippen molar-refractivity contribution in [2.45, 2.75) is 19.4 Å². The van der Waals surface area contributed by atoms with E-state index in [2.05, 4.69) is 9.97 Å². The largest absolute Gasteiger partial charge is 0.338 e. The fraction of sp³-hybridized carbons (Fsp3) is 0.280. The molecular formula is C25H24N4O3S.